The average Bonchev–Trinajstić information content (AvgIpc) is 2.75. The van der Waals surface area contributed by atoms with Crippen molar-refractivity contribution >= 4 is 15.9 Å². The van der Waals surface area contributed by atoms with Crippen LogP contribution in [0.15, 0.2) is 35.1 Å². The number of aliphatic hydroxyl groups is 1. The molecule has 18 heavy (non-hydrogen) atoms. The van der Waals surface area contributed by atoms with Crippen molar-refractivity contribution in [3.05, 3.63) is 46.5 Å². The maximum Gasteiger partial charge on any atom is 0.119 e. The van der Waals surface area contributed by atoms with Crippen molar-refractivity contribution < 1.29 is 9.84 Å². The summed E-state index contributed by atoms with van der Waals surface area (Å²) in [6.07, 6.45) is 3.44. The highest BCUT2D eigenvalue weighted by Crippen LogP contribution is 2.29. The van der Waals surface area contributed by atoms with Crippen LogP contribution in [-0.4, -0.2) is 21.8 Å². The van der Waals surface area contributed by atoms with Crippen LogP contribution in [0.4, 0.5) is 0 Å². The summed E-state index contributed by atoms with van der Waals surface area (Å²) in [7, 11) is 3.52. The predicted octanol–water partition coefficient (Wildman–Crippen LogP) is 2.47. The SMILES string of the molecule is COc1ccc(Br)c(C(O)Cc2nccn2C)c1. The zero-order valence-electron chi connectivity index (χ0n) is 10.3. The van der Waals surface area contributed by atoms with Crippen LogP contribution in [0, 0.1) is 0 Å². The first kappa shape index (κ1) is 13.1. The van der Waals surface area contributed by atoms with Crippen LogP contribution in [0.3, 0.4) is 0 Å². The summed E-state index contributed by atoms with van der Waals surface area (Å²) >= 11 is 3.44. The molecular formula is C13H15BrN2O2. The van der Waals surface area contributed by atoms with E-state index in [-0.39, 0.29) is 0 Å². The minimum Gasteiger partial charge on any atom is -0.497 e. The lowest BCUT2D eigenvalue weighted by Gasteiger charge is -2.14. The molecule has 1 aromatic carbocycles. The molecule has 0 aliphatic rings. The number of imidazole rings is 1. The smallest absolute Gasteiger partial charge is 0.119 e. The fourth-order valence-corrected chi connectivity index (χ4v) is 2.29. The molecule has 96 valence electrons. The normalized spacial score (nSPS) is 12.4. The van der Waals surface area contributed by atoms with Gasteiger partial charge in [-0.25, -0.2) is 4.98 Å². The molecule has 0 fully saturated rings. The molecule has 0 saturated carbocycles. The van der Waals surface area contributed by atoms with Crippen LogP contribution in [0.5, 0.6) is 5.75 Å². The standard InChI is InChI=1S/C13H15BrN2O2/c1-16-6-5-15-13(16)8-12(17)10-7-9(18-2)3-4-11(10)14/h3-7,12,17H,8H2,1-2H3. The molecule has 0 saturated heterocycles. The second kappa shape index (κ2) is 5.54. The second-order valence-electron chi connectivity index (χ2n) is 4.06. The van der Waals surface area contributed by atoms with E-state index >= 15 is 0 Å². The summed E-state index contributed by atoms with van der Waals surface area (Å²) in [5.41, 5.74) is 0.803. The van der Waals surface area contributed by atoms with E-state index < -0.39 is 6.10 Å². The van der Waals surface area contributed by atoms with E-state index in [4.69, 9.17) is 4.74 Å². The fraction of sp³-hybridized carbons (Fsp3) is 0.308. The van der Waals surface area contributed by atoms with E-state index in [1.54, 1.807) is 13.3 Å². The highest BCUT2D eigenvalue weighted by molar-refractivity contribution is 9.10. The van der Waals surface area contributed by atoms with Gasteiger partial charge in [0.05, 0.1) is 13.2 Å². The molecule has 2 rings (SSSR count). The number of ether oxygens (including phenoxy) is 1. The lowest BCUT2D eigenvalue weighted by atomic mass is 10.1. The second-order valence-corrected chi connectivity index (χ2v) is 4.92. The Morgan fingerprint density at radius 2 is 2.28 bits per heavy atom. The molecule has 1 heterocycles. The van der Waals surface area contributed by atoms with Crippen molar-refractivity contribution in [1.82, 2.24) is 9.55 Å². The van der Waals surface area contributed by atoms with E-state index in [0.717, 1.165) is 21.6 Å². The molecule has 1 unspecified atom stereocenters. The van der Waals surface area contributed by atoms with E-state index in [1.165, 1.54) is 0 Å². The summed E-state index contributed by atoms with van der Waals surface area (Å²) in [5, 5.41) is 10.3. The molecule has 0 radical (unpaired) electrons. The molecule has 0 bridgehead atoms. The Kier molecular flexibility index (Phi) is 4.04. The Hall–Kier alpha value is -1.33. The van der Waals surface area contributed by atoms with Gasteiger partial charge in [0.1, 0.15) is 11.6 Å². The first-order valence-corrected chi connectivity index (χ1v) is 6.39. The van der Waals surface area contributed by atoms with Crippen molar-refractivity contribution in [2.45, 2.75) is 12.5 Å². The van der Waals surface area contributed by atoms with Gasteiger partial charge in [0.15, 0.2) is 0 Å². The number of hydrogen-bond donors (Lipinski definition) is 1. The topological polar surface area (TPSA) is 47.3 Å². The van der Waals surface area contributed by atoms with E-state index in [0.29, 0.717) is 6.42 Å². The van der Waals surface area contributed by atoms with Gasteiger partial charge in [0.25, 0.3) is 0 Å². The molecule has 0 amide bonds. The Morgan fingerprint density at radius 3 is 2.89 bits per heavy atom. The van der Waals surface area contributed by atoms with E-state index in [2.05, 4.69) is 20.9 Å². The molecule has 0 spiro atoms. The lowest BCUT2D eigenvalue weighted by Crippen LogP contribution is -2.07. The number of nitrogens with zero attached hydrogens (tertiary/aromatic N) is 2. The third kappa shape index (κ3) is 2.73. The molecule has 1 atom stereocenters. The Morgan fingerprint density at radius 1 is 1.50 bits per heavy atom. The van der Waals surface area contributed by atoms with Gasteiger partial charge in [0, 0.05) is 30.3 Å². The van der Waals surface area contributed by atoms with Gasteiger partial charge in [-0.15, -0.1) is 0 Å². The molecule has 4 nitrogen and oxygen atoms in total. The van der Waals surface area contributed by atoms with Gasteiger partial charge in [0.2, 0.25) is 0 Å². The van der Waals surface area contributed by atoms with Crippen LogP contribution in [0.25, 0.3) is 0 Å². The highest BCUT2D eigenvalue weighted by atomic mass is 79.9. The van der Waals surface area contributed by atoms with Gasteiger partial charge in [-0.2, -0.15) is 0 Å². The van der Waals surface area contributed by atoms with Crippen LogP contribution in [0.1, 0.15) is 17.5 Å². The molecule has 0 aliphatic heterocycles. The quantitative estimate of drug-likeness (QED) is 0.943. The van der Waals surface area contributed by atoms with Crippen LogP contribution in [-0.2, 0) is 13.5 Å². The highest BCUT2D eigenvalue weighted by Gasteiger charge is 2.15. The maximum atomic E-state index is 10.3. The largest absolute Gasteiger partial charge is 0.497 e. The van der Waals surface area contributed by atoms with Crippen LogP contribution in [0.2, 0.25) is 0 Å². The minimum absolute atomic E-state index is 0.468. The van der Waals surface area contributed by atoms with Crippen molar-refractivity contribution in [3.8, 4) is 5.75 Å². The Bertz CT molecular complexity index is 540. The first-order chi connectivity index (χ1) is 8.61. The lowest BCUT2D eigenvalue weighted by molar-refractivity contribution is 0.173. The number of methoxy groups -OCH3 is 1. The third-order valence-corrected chi connectivity index (χ3v) is 3.58. The molecule has 1 aromatic heterocycles. The minimum atomic E-state index is -0.615. The summed E-state index contributed by atoms with van der Waals surface area (Å²) in [6, 6.07) is 5.55. The number of halogens is 1. The van der Waals surface area contributed by atoms with Crippen molar-refractivity contribution in [2.75, 3.05) is 7.11 Å². The molecule has 2 aromatic rings. The number of rotatable bonds is 4. The monoisotopic (exact) mass is 310 g/mol. The third-order valence-electron chi connectivity index (χ3n) is 2.86. The molecule has 1 N–H and O–H groups in total. The van der Waals surface area contributed by atoms with Gasteiger partial charge in [-0.05, 0) is 23.8 Å². The summed E-state index contributed by atoms with van der Waals surface area (Å²) in [4.78, 5) is 4.21. The van der Waals surface area contributed by atoms with Crippen LogP contribution < -0.4 is 4.74 Å². The zero-order valence-corrected chi connectivity index (χ0v) is 11.9. The van der Waals surface area contributed by atoms with Gasteiger partial charge >= 0.3 is 0 Å². The van der Waals surface area contributed by atoms with E-state index in [9.17, 15) is 5.11 Å². The Labute approximate surface area is 114 Å². The van der Waals surface area contributed by atoms with Crippen molar-refractivity contribution in [2.24, 2.45) is 7.05 Å². The van der Waals surface area contributed by atoms with Crippen molar-refractivity contribution in [3.63, 3.8) is 0 Å². The molecular weight excluding hydrogens is 296 g/mol. The summed E-state index contributed by atoms with van der Waals surface area (Å²) in [6.45, 7) is 0. The van der Waals surface area contributed by atoms with E-state index in [1.807, 2.05) is 36.0 Å². The fourth-order valence-electron chi connectivity index (χ4n) is 1.78. The van der Waals surface area contributed by atoms with Crippen LogP contribution >= 0.6 is 15.9 Å². The van der Waals surface area contributed by atoms with Gasteiger partial charge < -0.3 is 14.4 Å². The number of aryl methyl sites for hydroxylation is 1. The molecule has 5 heteroatoms. The number of hydrogen-bond acceptors (Lipinski definition) is 3. The van der Waals surface area contributed by atoms with Gasteiger partial charge in [-0.3, -0.25) is 0 Å². The summed E-state index contributed by atoms with van der Waals surface area (Å²) in [5.74, 6) is 1.57. The maximum absolute atomic E-state index is 10.3. The summed E-state index contributed by atoms with van der Waals surface area (Å²) < 4.78 is 7.93. The predicted molar refractivity (Wildman–Crippen MR) is 72.6 cm³/mol. The Balaban J connectivity index is 2.23. The average molecular weight is 311 g/mol. The van der Waals surface area contributed by atoms with Gasteiger partial charge in [-0.1, -0.05) is 15.9 Å². The van der Waals surface area contributed by atoms with Crippen molar-refractivity contribution in [1.29, 1.82) is 0 Å². The number of aliphatic hydroxyl groups excluding tert-OH is 1. The number of benzene rings is 1. The zero-order chi connectivity index (χ0) is 13.1. The number of aromatic nitrogens is 2. The molecule has 0 aliphatic carbocycles. The first-order valence-electron chi connectivity index (χ1n) is 5.59.